The van der Waals surface area contributed by atoms with Gasteiger partial charge in [-0.15, -0.1) is 0 Å². The molecule has 2 N–H and O–H groups in total. The van der Waals surface area contributed by atoms with Gasteiger partial charge in [0.05, 0.1) is 35.1 Å². The number of carbonyl (C=O) groups is 1. The van der Waals surface area contributed by atoms with Crippen LogP contribution in [0.1, 0.15) is 21.6 Å². The highest BCUT2D eigenvalue weighted by molar-refractivity contribution is 6.10. The van der Waals surface area contributed by atoms with Gasteiger partial charge >= 0.3 is 6.18 Å². The van der Waals surface area contributed by atoms with Gasteiger partial charge in [0, 0.05) is 37.1 Å². The molecule has 32 heavy (non-hydrogen) atoms. The zero-order valence-corrected chi connectivity index (χ0v) is 16.7. The minimum absolute atomic E-state index is 0.145. The number of carbonyl (C=O) groups excluding carboxylic acids is 1. The van der Waals surface area contributed by atoms with E-state index in [1.807, 2.05) is 0 Å². The molecule has 0 atom stereocenters. The molecule has 0 aliphatic carbocycles. The van der Waals surface area contributed by atoms with Crippen molar-refractivity contribution in [2.45, 2.75) is 12.7 Å². The van der Waals surface area contributed by atoms with E-state index < -0.39 is 35.8 Å². The van der Waals surface area contributed by atoms with E-state index in [0.717, 1.165) is 11.0 Å². The first-order chi connectivity index (χ1) is 15.0. The molecule has 0 bridgehead atoms. The summed E-state index contributed by atoms with van der Waals surface area (Å²) in [7, 11) is 2.91. The Balaban J connectivity index is 1.69. The van der Waals surface area contributed by atoms with Crippen LogP contribution in [0.3, 0.4) is 0 Å². The molecule has 12 heteroatoms. The maximum absolute atomic E-state index is 14.7. The van der Waals surface area contributed by atoms with Gasteiger partial charge in [0.2, 0.25) is 0 Å². The number of halogens is 5. The van der Waals surface area contributed by atoms with Crippen molar-refractivity contribution in [1.29, 1.82) is 0 Å². The van der Waals surface area contributed by atoms with Crippen LogP contribution in [0.4, 0.5) is 27.8 Å². The molecule has 0 fully saturated rings. The second-order valence-electron chi connectivity index (χ2n) is 7.19. The highest BCUT2D eigenvalue weighted by atomic mass is 19.4. The molecule has 3 heterocycles. The zero-order valence-electron chi connectivity index (χ0n) is 16.7. The number of amides is 1. The smallest absolute Gasteiger partial charge is 0.382 e. The second-order valence-corrected chi connectivity index (χ2v) is 7.19. The fourth-order valence-corrected chi connectivity index (χ4v) is 3.40. The quantitative estimate of drug-likeness (QED) is 0.481. The molecule has 166 valence electrons. The summed E-state index contributed by atoms with van der Waals surface area (Å²) in [5.41, 5.74) is 4.67. The zero-order chi connectivity index (χ0) is 23.4. The lowest BCUT2D eigenvalue weighted by molar-refractivity contribution is -0.138. The third-order valence-electron chi connectivity index (χ3n) is 5.01. The highest BCUT2D eigenvalue weighted by Crippen LogP contribution is 2.31. The normalized spacial score (nSPS) is 12.0. The molecule has 4 aromatic rings. The lowest BCUT2D eigenvalue weighted by Gasteiger charge is -2.18. The van der Waals surface area contributed by atoms with Crippen LogP contribution in [0.5, 0.6) is 0 Å². The molecule has 0 radical (unpaired) electrons. The maximum Gasteiger partial charge on any atom is 0.417 e. The van der Waals surface area contributed by atoms with Gasteiger partial charge in [-0.1, -0.05) is 0 Å². The average Bonchev–Trinajstić information content (AvgIpc) is 3.10. The van der Waals surface area contributed by atoms with Crippen LogP contribution in [0.2, 0.25) is 0 Å². The van der Waals surface area contributed by atoms with Crippen LogP contribution in [-0.2, 0) is 19.8 Å². The molecule has 1 aromatic carbocycles. The fraction of sp³-hybridized carbons (Fsp3) is 0.200. The summed E-state index contributed by atoms with van der Waals surface area (Å²) in [5, 5.41) is 5.09. The fourth-order valence-electron chi connectivity index (χ4n) is 3.40. The number of anilines is 1. The summed E-state index contributed by atoms with van der Waals surface area (Å²) in [6.07, 6.45) is -2.77. The van der Waals surface area contributed by atoms with Crippen LogP contribution < -0.4 is 5.73 Å². The number of pyridine rings is 2. The molecule has 0 spiro atoms. The summed E-state index contributed by atoms with van der Waals surface area (Å²) in [4.78, 5) is 21.4. The second kappa shape index (κ2) is 7.39. The molecule has 0 unspecified atom stereocenters. The standard InChI is InChI=1S/C20H15F5N6O/c1-30(8-16-14(22)3-9(6-27-16)20(23,24)25)19(32)11-4-10-12-7-28-31(2)17(12)18(26)29-15(10)5-13(11)21/h3-7H,8H2,1-2H3,(H2,26,29). The number of hydrogen-bond acceptors (Lipinski definition) is 5. The Bertz CT molecular complexity index is 1380. The minimum atomic E-state index is -4.75. The molecule has 3 aromatic heterocycles. The van der Waals surface area contributed by atoms with E-state index >= 15 is 0 Å². The number of rotatable bonds is 3. The Labute approximate surface area is 177 Å². The van der Waals surface area contributed by atoms with Crippen molar-refractivity contribution >= 4 is 33.5 Å². The van der Waals surface area contributed by atoms with Gasteiger partial charge in [-0.25, -0.2) is 13.8 Å². The van der Waals surface area contributed by atoms with Crippen LogP contribution >= 0.6 is 0 Å². The highest BCUT2D eigenvalue weighted by Gasteiger charge is 2.32. The maximum atomic E-state index is 14.7. The first-order valence-corrected chi connectivity index (χ1v) is 9.15. The number of aromatic nitrogens is 4. The number of hydrogen-bond donors (Lipinski definition) is 1. The molecular formula is C20H15F5N6O. The molecule has 0 saturated carbocycles. The molecule has 0 aliphatic rings. The average molecular weight is 450 g/mol. The summed E-state index contributed by atoms with van der Waals surface area (Å²) in [6, 6.07) is 2.64. The predicted octanol–water partition coefficient (Wildman–Crippen LogP) is 3.67. The summed E-state index contributed by atoms with van der Waals surface area (Å²) in [6.45, 7) is -0.470. The van der Waals surface area contributed by atoms with E-state index in [2.05, 4.69) is 15.1 Å². The van der Waals surface area contributed by atoms with Gasteiger partial charge in [0.1, 0.15) is 23.0 Å². The monoisotopic (exact) mass is 450 g/mol. The Morgan fingerprint density at radius 2 is 1.84 bits per heavy atom. The number of fused-ring (bicyclic) bond motifs is 3. The van der Waals surface area contributed by atoms with Crippen molar-refractivity contribution in [2.24, 2.45) is 7.05 Å². The largest absolute Gasteiger partial charge is 0.417 e. The van der Waals surface area contributed by atoms with Crippen LogP contribution in [0, 0.1) is 11.6 Å². The van der Waals surface area contributed by atoms with Gasteiger partial charge < -0.3 is 10.6 Å². The van der Waals surface area contributed by atoms with Crippen LogP contribution in [0.15, 0.2) is 30.6 Å². The number of alkyl halides is 3. The number of nitrogens with zero attached hydrogens (tertiary/aromatic N) is 5. The van der Waals surface area contributed by atoms with Crippen molar-refractivity contribution in [2.75, 3.05) is 12.8 Å². The third kappa shape index (κ3) is 3.57. The molecule has 0 saturated heterocycles. The Hall–Kier alpha value is -3.83. The van der Waals surface area contributed by atoms with Crippen molar-refractivity contribution in [3.05, 3.63) is 59.0 Å². The molecule has 0 aliphatic heterocycles. The first-order valence-electron chi connectivity index (χ1n) is 9.15. The number of nitrogens with two attached hydrogens (primary N) is 1. The molecular weight excluding hydrogens is 435 g/mol. The predicted molar refractivity (Wildman–Crippen MR) is 105 cm³/mol. The summed E-state index contributed by atoms with van der Waals surface area (Å²) >= 11 is 0. The van der Waals surface area contributed by atoms with Crippen molar-refractivity contribution in [3.63, 3.8) is 0 Å². The molecule has 7 nitrogen and oxygen atoms in total. The number of nitrogen functional groups attached to an aromatic ring is 1. The number of aryl methyl sites for hydroxylation is 1. The van der Waals surface area contributed by atoms with Gasteiger partial charge in [-0.05, 0) is 12.1 Å². The lowest BCUT2D eigenvalue weighted by Crippen LogP contribution is -2.28. The SMILES string of the molecule is CN(Cc1ncc(C(F)(F)F)cc1F)C(=O)c1cc2c(cc1F)nc(N)c1c2cnn1C. The van der Waals surface area contributed by atoms with Gasteiger partial charge in [-0.2, -0.15) is 18.3 Å². The van der Waals surface area contributed by atoms with E-state index in [1.54, 1.807) is 7.05 Å². The van der Waals surface area contributed by atoms with Crippen molar-refractivity contribution < 1.29 is 26.7 Å². The van der Waals surface area contributed by atoms with E-state index in [0.29, 0.717) is 28.6 Å². The Morgan fingerprint density at radius 3 is 2.50 bits per heavy atom. The Morgan fingerprint density at radius 1 is 1.12 bits per heavy atom. The Kier molecular flexibility index (Phi) is 4.94. The molecule has 1 amide bonds. The summed E-state index contributed by atoms with van der Waals surface area (Å²) < 4.78 is 68.4. The van der Waals surface area contributed by atoms with Gasteiger partial charge in [0.25, 0.3) is 5.91 Å². The lowest BCUT2D eigenvalue weighted by atomic mass is 10.1. The van der Waals surface area contributed by atoms with Gasteiger partial charge in [0.15, 0.2) is 0 Å². The van der Waals surface area contributed by atoms with E-state index in [1.165, 1.54) is 24.0 Å². The molecule has 4 rings (SSSR count). The first kappa shape index (κ1) is 21.4. The van der Waals surface area contributed by atoms with Crippen molar-refractivity contribution in [3.8, 4) is 0 Å². The number of benzene rings is 1. The summed E-state index contributed by atoms with van der Waals surface area (Å²) in [5.74, 6) is -2.79. The van der Waals surface area contributed by atoms with E-state index in [-0.39, 0.29) is 22.6 Å². The van der Waals surface area contributed by atoms with E-state index in [9.17, 15) is 26.7 Å². The van der Waals surface area contributed by atoms with Crippen LogP contribution in [0.25, 0.3) is 21.8 Å². The minimum Gasteiger partial charge on any atom is -0.382 e. The van der Waals surface area contributed by atoms with Gasteiger partial charge in [-0.3, -0.25) is 14.5 Å². The van der Waals surface area contributed by atoms with Crippen molar-refractivity contribution in [1.82, 2.24) is 24.6 Å². The van der Waals surface area contributed by atoms with Crippen LogP contribution in [-0.4, -0.2) is 37.6 Å². The topological polar surface area (TPSA) is 89.9 Å². The third-order valence-corrected chi connectivity index (χ3v) is 5.01. The van der Waals surface area contributed by atoms with E-state index in [4.69, 9.17) is 5.73 Å².